The number of thiazole rings is 1. The standard InChI is InChI=1S/C19H22FN3OS/c1-12-21-16(11-25-12)7-18(24)23-9-14-8-22(2)19(17(14)10-23)13-4-3-5-15(20)6-13/h3-6,11,14,17,19H,7-10H2,1-2H3/t14-,17+,19-/m0/s1. The summed E-state index contributed by atoms with van der Waals surface area (Å²) in [5, 5.41) is 2.96. The van der Waals surface area contributed by atoms with Crippen LogP contribution < -0.4 is 0 Å². The normalized spacial score (nSPS) is 26.2. The minimum atomic E-state index is -0.195. The van der Waals surface area contributed by atoms with Crippen molar-refractivity contribution in [3.05, 3.63) is 51.7 Å². The second kappa shape index (κ2) is 6.50. The van der Waals surface area contributed by atoms with Crippen LogP contribution in [0.25, 0.3) is 0 Å². The number of rotatable bonds is 3. The number of carbonyl (C=O) groups is 1. The molecule has 0 unspecified atom stereocenters. The molecule has 2 fully saturated rings. The van der Waals surface area contributed by atoms with Crippen LogP contribution in [0.5, 0.6) is 0 Å². The maximum atomic E-state index is 13.7. The van der Waals surface area contributed by atoms with Crippen LogP contribution in [0.15, 0.2) is 29.6 Å². The summed E-state index contributed by atoms with van der Waals surface area (Å²) >= 11 is 1.58. The average molecular weight is 359 g/mol. The summed E-state index contributed by atoms with van der Waals surface area (Å²) in [5.41, 5.74) is 1.88. The van der Waals surface area contributed by atoms with Gasteiger partial charge in [0.05, 0.1) is 17.1 Å². The molecule has 1 amide bonds. The number of hydrogen-bond acceptors (Lipinski definition) is 4. The maximum Gasteiger partial charge on any atom is 0.228 e. The molecule has 2 saturated heterocycles. The number of benzene rings is 1. The van der Waals surface area contributed by atoms with Gasteiger partial charge in [-0.15, -0.1) is 11.3 Å². The Morgan fingerprint density at radius 2 is 2.20 bits per heavy atom. The second-order valence-electron chi connectivity index (χ2n) is 7.20. The van der Waals surface area contributed by atoms with Crippen molar-refractivity contribution in [3.63, 3.8) is 0 Å². The molecule has 0 radical (unpaired) electrons. The zero-order valence-electron chi connectivity index (χ0n) is 14.5. The lowest BCUT2D eigenvalue weighted by molar-refractivity contribution is -0.129. The SMILES string of the molecule is Cc1nc(CC(=O)N2C[C@@H]3CN(C)[C@@H](c4cccc(F)c4)[C@@H]3C2)cs1. The van der Waals surface area contributed by atoms with Gasteiger partial charge in [-0.25, -0.2) is 9.37 Å². The third-order valence-corrected chi connectivity index (χ3v) is 6.26. The first-order valence-electron chi connectivity index (χ1n) is 8.66. The van der Waals surface area contributed by atoms with Gasteiger partial charge in [0.2, 0.25) is 5.91 Å². The molecule has 1 aromatic heterocycles. The molecular formula is C19H22FN3OS. The van der Waals surface area contributed by atoms with E-state index in [-0.39, 0.29) is 17.8 Å². The zero-order valence-corrected chi connectivity index (χ0v) is 15.3. The summed E-state index contributed by atoms with van der Waals surface area (Å²) in [7, 11) is 2.10. The Hall–Kier alpha value is -1.79. The van der Waals surface area contributed by atoms with E-state index < -0.39 is 0 Å². The number of hydrogen-bond donors (Lipinski definition) is 0. The fourth-order valence-corrected chi connectivity index (χ4v) is 5.02. The van der Waals surface area contributed by atoms with E-state index in [2.05, 4.69) is 16.9 Å². The summed E-state index contributed by atoms with van der Waals surface area (Å²) in [6, 6.07) is 7.06. The molecule has 25 heavy (non-hydrogen) atoms. The molecule has 2 aliphatic rings. The smallest absolute Gasteiger partial charge is 0.228 e. The Balaban J connectivity index is 1.48. The van der Waals surface area contributed by atoms with Crippen LogP contribution in [-0.4, -0.2) is 47.4 Å². The summed E-state index contributed by atoms with van der Waals surface area (Å²) in [5.74, 6) is 0.784. The van der Waals surface area contributed by atoms with Crippen molar-refractivity contribution in [1.29, 1.82) is 0 Å². The molecule has 2 aromatic rings. The number of likely N-dealkylation sites (tertiary alicyclic amines) is 2. The first kappa shape index (κ1) is 16.7. The van der Waals surface area contributed by atoms with Crippen LogP contribution in [0.4, 0.5) is 4.39 Å². The highest BCUT2D eigenvalue weighted by Gasteiger charge is 2.47. The lowest BCUT2D eigenvalue weighted by atomic mass is 9.89. The second-order valence-corrected chi connectivity index (χ2v) is 8.26. The van der Waals surface area contributed by atoms with E-state index in [0.717, 1.165) is 35.9 Å². The minimum Gasteiger partial charge on any atom is -0.342 e. The maximum absolute atomic E-state index is 13.7. The topological polar surface area (TPSA) is 36.4 Å². The highest BCUT2D eigenvalue weighted by Crippen LogP contribution is 2.44. The molecule has 1 aromatic carbocycles. The predicted octanol–water partition coefficient (Wildman–Crippen LogP) is 2.89. The molecule has 6 heteroatoms. The Labute approximate surface area is 151 Å². The van der Waals surface area contributed by atoms with Gasteiger partial charge in [-0.1, -0.05) is 12.1 Å². The molecule has 4 nitrogen and oxygen atoms in total. The first-order chi connectivity index (χ1) is 12.0. The van der Waals surface area contributed by atoms with Gasteiger partial charge in [0, 0.05) is 37.0 Å². The molecule has 4 rings (SSSR count). The summed E-state index contributed by atoms with van der Waals surface area (Å²) in [4.78, 5) is 21.3. The molecule has 3 heterocycles. The van der Waals surface area contributed by atoms with E-state index in [1.807, 2.05) is 23.3 Å². The summed E-state index contributed by atoms with van der Waals surface area (Å²) in [6.45, 7) is 4.45. The first-order valence-corrected chi connectivity index (χ1v) is 9.53. The Morgan fingerprint density at radius 1 is 1.36 bits per heavy atom. The Bertz CT molecular complexity index is 792. The highest BCUT2D eigenvalue weighted by molar-refractivity contribution is 7.09. The molecule has 0 bridgehead atoms. The van der Waals surface area contributed by atoms with E-state index >= 15 is 0 Å². The lowest BCUT2D eigenvalue weighted by Crippen LogP contribution is -2.34. The molecule has 132 valence electrons. The lowest BCUT2D eigenvalue weighted by Gasteiger charge is -2.27. The number of aromatic nitrogens is 1. The van der Waals surface area contributed by atoms with Crippen molar-refractivity contribution in [3.8, 4) is 0 Å². The highest BCUT2D eigenvalue weighted by atomic mass is 32.1. The largest absolute Gasteiger partial charge is 0.342 e. The molecular weight excluding hydrogens is 337 g/mol. The van der Waals surface area contributed by atoms with Crippen molar-refractivity contribution in [2.75, 3.05) is 26.7 Å². The number of carbonyl (C=O) groups excluding carboxylic acids is 1. The van der Waals surface area contributed by atoms with Gasteiger partial charge in [0.1, 0.15) is 5.82 Å². The number of halogens is 1. The van der Waals surface area contributed by atoms with E-state index in [1.165, 1.54) is 6.07 Å². The van der Waals surface area contributed by atoms with E-state index in [1.54, 1.807) is 23.5 Å². The van der Waals surface area contributed by atoms with Crippen LogP contribution in [0.3, 0.4) is 0 Å². The third-order valence-electron chi connectivity index (χ3n) is 5.44. The van der Waals surface area contributed by atoms with E-state index in [9.17, 15) is 9.18 Å². The van der Waals surface area contributed by atoms with Gasteiger partial charge in [0.15, 0.2) is 0 Å². The van der Waals surface area contributed by atoms with Crippen molar-refractivity contribution < 1.29 is 9.18 Å². The molecule has 0 spiro atoms. The summed E-state index contributed by atoms with van der Waals surface area (Å²) in [6.07, 6.45) is 0.379. The minimum absolute atomic E-state index is 0.153. The molecule has 2 aliphatic heterocycles. The van der Waals surface area contributed by atoms with Crippen molar-refractivity contribution in [2.45, 2.75) is 19.4 Å². The Kier molecular flexibility index (Phi) is 4.33. The van der Waals surface area contributed by atoms with Crippen molar-refractivity contribution in [2.24, 2.45) is 11.8 Å². The zero-order chi connectivity index (χ0) is 17.6. The van der Waals surface area contributed by atoms with Crippen LogP contribution in [0.1, 0.15) is 22.3 Å². The average Bonchev–Trinajstić information content (AvgIpc) is 3.21. The van der Waals surface area contributed by atoms with E-state index in [0.29, 0.717) is 18.3 Å². The van der Waals surface area contributed by atoms with Crippen LogP contribution in [0, 0.1) is 24.6 Å². The van der Waals surface area contributed by atoms with Gasteiger partial charge in [-0.2, -0.15) is 0 Å². The van der Waals surface area contributed by atoms with E-state index in [4.69, 9.17) is 0 Å². The molecule has 3 atom stereocenters. The quantitative estimate of drug-likeness (QED) is 0.846. The van der Waals surface area contributed by atoms with Crippen LogP contribution in [-0.2, 0) is 11.2 Å². The summed E-state index contributed by atoms with van der Waals surface area (Å²) < 4.78 is 13.7. The third kappa shape index (κ3) is 3.20. The number of fused-ring (bicyclic) bond motifs is 1. The monoisotopic (exact) mass is 359 g/mol. The van der Waals surface area contributed by atoms with Crippen LogP contribution >= 0.6 is 11.3 Å². The Morgan fingerprint density at radius 3 is 2.92 bits per heavy atom. The number of amides is 1. The van der Waals surface area contributed by atoms with Gasteiger partial charge < -0.3 is 4.90 Å². The van der Waals surface area contributed by atoms with Crippen molar-refractivity contribution in [1.82, 2.24) is 14.8 Å². The van der Waals surface area contributed by atoms with Gasteiger partial charge >= 0.3 is 0 Å². The molecule has 0 saturated carbocycles. The fraction of sp³-hybridized carbons (Fsp3) is 0.474. The fourth-order valence-electron chi connectivity index (χ4n) is 4.41. The van der Waals surface area contributed by atoms with Gasteiger partial charge in [-0.3, -0.25) is 9.69 Å². The predicted molar refractivity (Wildman–Crippen MR) is 95.9 cm³/mol. The molecule has 0 aliphatic carbocycles. The van der Waals surface area contributed by atoms with Gasteiger partial charge in [-0.05, 0) is 37.6 Å². The molecule has 0 N–H and O–H groups in total. The number of nitrogens with zero attached hydrogens (tertiary/aromatic N) is 3. The van der Waals surface area contributed by atoms with Gasteiger partial charge in [0.25, 0.3) is 0 Å². The van der Waals surface area contributed by atoms with Crippen molar-refractivity contribution >= 4 is 17.2 Å². The number of aryl methyl sites for hydroxylation is 1. The van der Waals surface area contributed by atoms with Crippen LogP contribution in [0.2, 0.25) is 0 Å².